The van der Waals surface area contributed by atoms with Crippen LogP contribution < -0.4 is 9.47 Å². The van der Waals surface area contributed by atoms with E-state index in [0.717, 1.165) is 65.9 Å². The summed E-state index contributed by atoms with van der Waals surface area (Å²) in [5.41, 5.74) is 5.04. The Morgan fingerprint density at radius 2 is 1.56 bits per heavy atom. The number of aliphatic carboxylic acids is 2. The summed E-state index contributed by atoms with van der Waals surface area (Å²) >= 11 is 0. The molecule has 2 aliphatic rings. The fraction of sp³-hybridized carbons (Fsp3) is 0.353. The SMILES string of the molecule is COc1cc(Cn2c(-c3ccc(OCCN4CCCC4)cc3)cc3cnccc32)ccc1C(=O)N1CCCC1.O=C(O)C(=O)O. The molecule has 2 fully saturated rings. The summed E-state index contributed by atoms with van der Waals surface area (Å²) in [6.07, 6.45) is 8.46. The molecule has 0 unspecified atom stereocenters. The summed E-state index contributed by atoms with van der Waals surface area (Å²) in [5, 5.41) is 15.9. The number of carboxylic acid groups (broad SMARTS) is 2. The summed E-state index contributed by atoms with van der Waals surface area (Å²) in [6, 6.07) is 18.6. The Labute approximate surface area is 261 Å². The van der Waals surface area contributed by atoms with Crippen molar-refractivity contribution in [1.82, 2.24) is 19.4 Å². The molecule has 6 rings (SSSR count). The summed E-state index contributed by atoms with van der Waals surface area (Å²) in [5.74, 6) is -2.08. The van der Waals surface area contributed by atoms with E-state index in [1.54, 1.807) is 7.11 Å². The highest BCUT2D eigenvalue weighted by atomic mass is 16.5. The zero-order valence-corrected chi connectivity index (χ0v) is 25.4. The Morgan fingerprint density at radius 3 is 2.22 bits per heavy atom. The lowest BCUT2D eigenvalue weighted by atomic mass is 10.1. The second-order valence-corrected chi connectivity index (χ2v) is 11.1. The van der Waals surface area contributed by atoms with Crippen LogP contribution in [-0.4, -0.2) is 93.9 Å². The van der Waals surface area contributed by atoms with Crippen molar-refractivity contribution >= 4 is 28.7 Å². The van der Waals surface area contributed by atoms with Gasteiger partial charge in [-0.05, 0) is 98.4 Å². The average Bonchev–Trinajstić information content (AvgIpc) is 3.84. The fourth-order valence-corrected chi connectivity index (χ4v) is 5.83. The standard InChI is InChI=1S/C32H36N4O3.C2H2O4/c1-38-31-20-24(6-11-28(31)32(37)35-16-4-5-17-35)23-36-29-12-13-33-22-26(29)21-30(36)25-7-9-27(10-8-25)39-19-18-34-14-2-3-15-34;3-1(4)2(5)6/h6-13,20-22H,2-5,14-19,23H2,1H3;(H,3,4)(H,5,6). The van der Waals surface area contributed by atoms with Crippen LogP contribution in [0, 0.1) is 0 Å². The maximum Gasteiger partial charge on any atom is 0.414 e. The second kappa shape index (κ2) is 14.7. The molecule has 2 aromatic heterocycles. The topological polar surface area (TPSA) is 134 Å². The van der Waals surface area contributed by atoms with Crippen LogP contribution in [0.15, 0.2) is 67.0 Å². The number of hydrogen-bond donors (Lipinski definition) is 2. The van der Waals surface area contributed by atoms with Gasteiger partial charge in [0.1, 0.15) is 18.1 Å². The number of aromatic nitrogens is 2. The first-order chi connectivity index (χ1) is 21.8. The van der Waals surface area contributed by atoms with E-state index in [0.29, 0.717) is 24.5 Å². The van der Waals surface area contributed by atoms with Gasteiger partial charge in [0.15, 0.2) is 0 Å². The number of ether oxygens (including phenoxy) is 2. The molecule has 0 radical (unpaired) electrons. The molecule has 4 heterocycles. The lowest BCUT2D eigenvalue weighted by molar-refractivity contribution is -0.159. The van der Waals surface area contributed by atoms with Crippen molar-refractivity contribution in [3.63, 3.8) is 0 Å². The largest absolute Gasteiger partial charge is 0.496 e. The van der Waals surface area contributed by atoms with Crippen molar-refractivity contribution in [3.05, 3.63) is 78.1 Å². The van der Waals surface area contributed by atoms with Gasteiger partial charge in [-0.2, -0.15) is 0 Å². The number of carbonyl (C=O) groups is 3. The Morgan fingerprint density at radius 1 is 0.867 bits per heavy atom. The molecule has 11 heteroatoms. The number of fused-ring (bicyclic) bond motifs is 1. The van der Waals surface area contributed by atoms with Gasteiger partial charge in [-0.1, -0.05) is 6.07 Å². The van der Waals surface area contributed by atoms with E-state index in [1.807, 2.05) is 35.5 Å². The normalized spacial score (nSPS) is 14.6. The molecule has 45 heavy (non-hydrogen) atoms. The molecular weight excluding hydrogens is 576 g/mol. The average molecular weight is 615 g/mol. The maximum absolute atomic E-state index is 13.1. The molecule has 2 aliphatic heterocycles. The second-order valence-electron chi connectivity index (χ2n) is 11.1. The highest BCUT2D eigenvalue weighted by Gasteiger charge is 2.23. The highest BCUT2D eigenvalue weighted by molar-refractivity contribution is 6.27. The molecule has 2 saturated heterocycles. The van der Waals surface area contributed by atoms with E-state index < -0.39 is 11.9 Å². The number of hydrogen-bond acceptors (Lipinski definition) is 7. The molecule has 11 nitrogen and oxygen atoms in total. The number of carboxylic acids is 2. The minimum absolute atomic E-state index is 0.0526. The predicted molar refractivity (Wildman–Crippen MR) is 169 cm³/mol. The monoisotopic (exact) mass is 614 g/mol. The molecular formula is C34H38N4O7. The van der Waals surface area contributed by atoms with E-state index >= 15 is 0 Å². The highest BCUT2D eigenvalue weighted by Crippen LogP contribution is 2.31. The van der Waals surface area contributed by atoms with Gasteiger partial charge in [-0.15, -0.1) is 0 Å². The van der Waals surface area contributed by atoms with E-state index in [9.17, 15) is 4.79 Å². The van der Waals surface area contributed by atoms with Gasteiger partial charge in [0.05, 0.1) is 18.2 Å². The molecule has 2 aromatic carbocycles. The van der Waals surface area contributed by atoms with Crippen molar-refractivity contribution in [2.75, 3.05) is 46.4 Å². The van der Waals surface area contributed by atoms with Crippen LogP contribution in [0.1, 0.15) is 41.6 Å². The Balaban J connectivity index is 0.000000609. The van der Waals surface area contributed by atoms with Gasteiger partial charge >= 0.3 is 11.9 Å². The predicted octanol–water partition coefficient (Wildman–Crippen LogP) is 4.63. The van der Waals surface area contributed by atoms with Crippen LogP contribution in [0.4, 0.5) is 0 Å². The smallest absolute Gasteiger partial charge is 0.414 e. The zero-order valence-electron chi connectivity index (χ0n) is 25.4. The summed E-state index contributed by atoms with van der Waals surface area (Å²) in [4.78, 5) is 40.0. The van der Waals surface area contributed by atoms with Crippen LogP contribution >= 0.6 is 0 Å². The van der Waals surface area contributed by atoms with Gasteiger partial charge in [0.25, 0.3) is 5.91 Å². The quantitative estimate of drug-likeness (QED) is 0.259. The third-order valence-electron chi connectivity index (χ3n) is 8.14. The molecule has 0 spiro atoms. The van der Waals surface area contributed by atoms with E-state index in [4.69, 9.17) is 29.3 Å². The molecule has 0 atom stereocenters. The first-order valence-corrected chi connectivity index (χ1v) is 15.2. The lowest BCUT2D eigenvalue weighted by Crippen LogP contribution is -2.28. The van der Waals surface area contributed by atoms with Gasteiger partial charge < -0.3 is 29.2 Å². The van der Waals surface area contributed by atoms with Crippen LogP contribution in [0.3, 0.4) is 0 Å². The third-order valence-corrected chi connectivity index (χ3v) is 8.14. The van der Waals surface area contributed by atoms with Crippen molar-refractivity contribution < 1.29 is 34.1 Å². The Bertz CT molecular complexity index is 1630. The summed E-state index contributed by atoms with van der Waals surface area (Å²) < 4.78 is 14.0. The first-order valence-electron chi connectivity index (χ1n) is 15.2. The fourth-order valence-electron chi connectivity index (χ4n) is 5.83. The lowest BCUT2D eigenvalue weighted by Gasteiger charge is -2.18. The van der Waals surface area contributed by atoms with E-state index in [-0.39, 0.29) is 5.91 Å². The number of pyridine rings is 1. The zero-order chi connectivity index (χ0) is 31.8. The van der Waals surface area contributed by atoms with Crippen molar-refractivity contribution in [3.8, 4) is 22.8 Å². The molecule has 1 amide bonds. The van der Waals surface area contributed by atoms with Gasteiger partial charge in [-0.25, -0.2) is 9.59 Å². The van der Waals surface area contributed by atoms with Gasteiger partial charge in [-0.3, -0.25) is 14.7 Å². The molecule has 2 N–H and O–H groups in total. The van der Waals surface area contributed by atoms with Crippen LogP contribution in [0.25, 0.3) is 22.2 Å². The molecule has 0 aliphatic carbocycles. The number of methoxy groups -OCH3 is 1. The van der Waals surface area contributed by atoms with Gasteiger partial charge in [0, 0.05) is 49.7 Å². The Hall–Kier alpha value is -4.90. The number of likely N-dealkylation sites (tertiary alicyclic amines) is 2. The number of benzene rings is 2. The number of nitrogens with zero attached hydrogens (tertiary/aromatic N) is 4. The maximum atomic E-state index is 13.1. The minimum atomic E-state index is -1.82. The molecule has 0 saturated carbocycles. The molecule has 4 aromatic rings. The number of rotatable bonds is 9. The van der Waals surface area contributed by atoms with Gasteiger partial charge in [0.2, 0.25) is 0 Å². The van der Waals surface area contributed by atoms with Crippen molar-refractivity contribution in [2.45, 2.75) is 32.2 Å². The number of carbonyl (C=O) groups excluding carboxylic acids is 1. The third kappa shape index (κ3) is 7.79. The summed E-state index contributed by atoms with van der Waals surface area (Å²) in [6.45, 7) is 6.34. The Kier molecular flexibility index (Phi) is 10.3. The van der Waals surface area contributed by atoms with E-state index in [2.05, 4.69) is 50.8 Å². The van der Waals surface area contributed by atoms with E-state index in [1.165, 1.54) is 25.9 Å². The van der Waals surface area contributed by atoms with Crippen LogP contribution in [0.5, 0.6) is 11.5 Å². The van der Waals surface area contributed by atoms with Crippen LogP contribution in [0.2, 0.25) is 0 Å². The van der Waals surface area contributed by atoms with Crippen molar-refractivity contribution in [1.29, 1.82) is 0 Å². The van der Waals surface area contributed by atoms with Crippen molar-refractivity contribution in [2.24, 2.45) is 0 Å². The number of amides is 1. The summed E-state index contributed by atoms with van der Waals surface area (Å²) in [7, 11) is 1.64. The van der Waals surface area contributed by atoms with Crippen LogP contribution in [-0.2, 0) is 16.1 Å². The first kappa shape index (κ1) is 31.5. The minimum Gasteiger partial charge on any atom is -0.496 e. The molecule has 0 bridgehead atoms. The molecule has 236 valence electrons.